The van der Waals surface area contributed by atoms with Gasteiger partial charge in [0.15, 0.2) is 5.16 Å². The Balaban J connectivity index is 1.48. The van der Waals surface area contributed by atoms with Crippen LogP contribution in [0.2, 0.25) is 0 Å². The van der Waals surface area contributed by atoms with Crippen molar-refractivity contribution >= 4 is 17.7 Å². The van der Waals surface area contributed by atoms with E-state index in [0.29, 0.717) is 18.2 Å². The predicted octanol–water partition coefficient (Wildman–Crippen LogP) is 4.87. The Morgan fingerprint density at radius 3 is 2.62 bits per heavy atom. The molecule has 1 amide bonds. The van der Waals surface area contributed by atoms with Crippen LogP contribution in [0.1, 0.15) is 42.4 Å². The van der Waals surface area contributed by atoms with Crippen molar-refractivity contribution in [2.24, 2.45) is 0 Å². The third kappa shape index (κ3) is 4.23. The van der Waals surface area contributed by atoms with Crippen molar-refractivity contribution in [1.82, 2.24) is 14.9 Å². The maximum absolute atomic E-state index is 13.9. The molecule has 0 aliphatic heterocycles. The summed E-state index contributed by atoms with van der Waals surface area (Å²) >= 11 is 1.31. The number of thioether (sulfide) groups is 1. The van der Waals surface area contributed by atoms with Crippen LogP contribution in [-0.2, 0) is 29.7 Å². The molecule has 1 heterocycles. The summed E-state index contributed by atoms with van der Waals surface area (Å²) in [5.74, 6) is 0.112. The van der Waals surface area contributed by atoms with Crippen LogP contribution in [0.5, 0.6) is 0 Å². The quantitative estimate of drug-likeness (QED) is 0.303. The fourth-order valence-corrected chi connectivity index (χ4v) is 6.25. The summed E-state index contributed by atoms with van der Waals surface area (Å²) in [6.45, 7) is 4.72. The number of rotatable bonds is 7. The van der Waals surface area contributed by atoms with Gasteiger partial charge in [0.05, 0.1) is 17.0 Å². The van der Waals surface area contributed by atoms with E-state index in [0.717, 1.165) is 54.5 Å². The molecule has 3 aromatic rings. The Morgan fingerprint density at radius 1 is 1.12 bits per heavy atom. The highest BCUT2D eigenvalue weighted by Crippen LogP contribution is 2.49. The summed E-state index contributed by atoms with van der Waals surface area (Å²) in [4.78, 5) is 31.5. The lowest BCUT2D eigenvalue weighted by Gasteiger charge is -2.36. The molecule has 1 saturated carbocycles. The average molecular weight is 472 g/mol. The number of allylic oxidation sites excluding steroid dienone is 1. The fraction of sp³-hybridized carbons (Fsp3) is 0.321. The van der Waals surface area contributed by atoms with Crippen molar-refractivity contribution in [3.8, 4) is 11.3 Å². The minimum Gasteiger partial charge on any atom is -0.351 e. The van der Waals surface area contributed by atoms with E-state index >= 15 is 0 Å². The second kappa shape index (κ2) is 9.63. The first-order valence-electron chi connectivity index (χ1n) is 11.9. The van der Waals surface area contributed by atoms with Crippen molar-refractivity contribution in [2.45, 2.75) is 55.8 Å². The second-order valence-corrected chi connectivity index (χ2v) is 10.1. The number of nitrogens with zero attached hydrogens (tertiary/aromatic N) is 2. The normalized spacial score (nSPS) is 15.5. The minimum absolute atomic E-state index is 0.0218. The number of fused-ring (bicyclic) bond motifs is 4. The Morgan fingerprint density at radius 2 is 1.85 bits per heavy atom. The molecule has 2 aliphatic carbocycles. The van der Waals surface area contributed by atoms with Crippen molar-refractivity contribution in [3.05, 3.63) is 94.3 Å². The van der Waals surface area contributed by atoms with Crippen LogP contribution in [0, 0.1) is 0 Å². The fourth-order valence-electron chi connectivity index (χ4n) is 5.42. The molecule has 34 heavy (non-hydrogen) atoms. The SMILES string of the molecule is C=CCn1c(SCC(=O)NCc2ccccc2)nc2c(c1=O)C1(CCCC1)Cc1ccccc1-2. The third-order valence-corrected chi connectivity index (χ3v) is 7.98. The van der Waals surface area contributed by atoms with Crippen LogP contribution in [0.3, 0.4) is 0 Å². The zero-order valence-electron chi connectivity index (χ0n) is 19.3. The van der Waals surface area contributed by atoms with E-state index < -0.39 is 0 Å². The number of aromatic nitrogens is 2. The van der Waals surface area contributed by atoms with Gasteiger partial charge in [-0.2, -0.15) is 0 Å². The zero-order valence-corrected chi connectivity index (χ0v) is 20.1. The molecule has 1 fully saturated rings. The van der Waals surface area contributed by atoms with Crippen molar-refractivity contribution in [1.29, 1.82) is 0 Å². The van der Waals surface area contributed by atoms with E-state index in [2.05, 4.69) is 30.1 Å². The van der Waals surface area contributed by atoms with E-state index in [1.54, 1.807) is 10.6 Å². The number of carbonyl (C=O) groups excluding carboxylic acids is 1. The summed E-state index contributed by atoms with van der Waals surface area (Å²) in [7, 11) is 0. The smallest absolute Gasteiger partial charge is 0.258 e. The number of benzene rings is 2. The number of nitrogens with one attached hydrogen (secondary N) is 1. The molecule has 1 spiro atoms. The molecule has 1 N–H and O–H groups in total. The van der Waals surface area contributed by atoms with Crippen molar-refractivity contribution in [3.63, 3.8) is 0 Å². The van der Waals surface area contributed by atoms with Gasteiger partial charge in [0.25, 0.3) is 5.56 Å². The topological polar surface area (TPSA) is 64.0 Å². The lowest BCUT2D eigenvalue weighted by Crippen LogP contribution is -2.40. The Labute approximate surface area is 204 Å². The zero-order chi connectivity index (χ0) is 23.5. The van der Waals surface area contributed by atoms with E-state index in [-0.39, 0.29) is 22.6 Å². The number of carbonyl (C=O) groups is 1. The van der Waals surface area contributed by atoms with Gasteiger partial charge in [-0.25, -0.2) is 4.98 Å². The molecule has 1 aromatic heterocycles. The monoisotopic (exact) mass is 471 g/mol. The van der Waals surface area contributed by atoms with Gasteiger partial charge in [-0.3, -0.25) is 14.2 Å². The molecular formula is C28H29N3O2S. The molecule has 5 nitrogen and oxygen atoms in total. The second-order valence-electron chi connectivity index (χ2n) is 9.19. The van der Waals surface area contributed by atoms with Gasteiger partial charge in [0.1, 0.15) is 0 Å². The van der Waals surface area contributed by atoms with Gasteiger partial charge in [0.2, 0.25) is 5.91 Å². The molecule has 0 radical (unpaired) electrons. The molecule has 5 rings (SSSR count). The van der Waals surface area contributed by atoms with Crippen LogP contribution < -0.4 is 10.9 Å². The van der Waals surface area contributed by atoms with Crippen LogP contribution in [0.15, 0.2) is 77.2 Å². The molecular weight excluding hydrogens is 442 g/mol. The van der Waals surface area contributed by atoms with E-state index in [4.69, 9.17) is 4.98 Å². The van der Waals surface area contributed by atoms with E-state index in [1.165, 1.54) is 17.3 Å². The van der Waals surface area contributed by atoms with Crippen molar-refractivity contribution in [2.75, 3.05) is 5.75 Å². The van der Waals surface area contributed by atoms with E-state index in [1.807, 2.05) is 36.4 Å². The lowest BCUT2D eigenvalue weighted by molar-refractivity contribution is -0.118. The molecule has 0 unspecified atom stereocenters. The summed E-state index contributed by atoms with van der Waals surface area (Å²) in [5.41, 5.74) is 4.93. The van der Waals surface area contributed by atoms with Crippen LogP contribution >= 0.6 is 11.8 Å². The summed E-state index contributed by atoms with van der Waals surface area (Å²) in [6.07, 6.45) is 6.95. The third-order valence-electron chi connectivity index (χ3n) is 7.00. The molecule has 0 atom stereocenters. The molecule has 2 aromatic carbocycles. The highest BCUT2D eigenvalue weighted by Gasteiger charge is 2.44. The van der Waals surface area contributed by atoms with Gasteiger partial charge in [-0.15, -0.1) is 6.58 Å². The minimum atomic E-state index is -0.132. The number of hydrogen-bond acceptors (Lipinski definition) is 4. The largest absolute Gasteiger partial charge is 0.351 e. The summed E-state index contributed by atoms with van der Waals surface area (Å²) < 4.78 is 1.70. The molecule has 2 aliphatic rings. The Hall–Kier alpha value is -3.12. The van der Waals surface area contributed by atoms with Gasteiger partial charge in [-0.1, -0.05) is 85.3 Å². The summed E-state index contributed by atoms with van der Waals surface area (Å²) in [6, 6.07) is 18.1. The Kier molecular flexibility index (Phi) is 6.42. The average Bonchev–Trinajstić information content (AvgIpc) is 3.32. The maximum Gasteiger partial charge on any atom is 0.258 e. The van der Waals surface area contributed by atoms with Gasteiger partial charge in [-0.05, 0) is 30.4 Å². The lowest BCUT2D eigenvalue weighted by atomic mass is 9.68. The first-order valence-corrected chi connectivity index (χ1v) is 12.9. The van der Waals surface area contributed by atoms with Gasteiger partial charge >= 0.3 is 0 Å². The molecule has 6 heteroatoms. The predicted molar refractivity (Wildman–Crippen MR) is 137 cm³/mol. The molecule has 0 bridgehead atoms. The number of hydrogen-bond donors (Lipinski definition) is 1. The Bertz CT molecular complexity index is 1280. The highest BCUT2D eigenvalue weighted by atomic mass is 32.2. The van der Waals surface area contributed by atoms with Crippen molar-refractivity contribution < 1.29 is 4.79 Å². The number of amides is 1. The van der Waals surface area contributed by atoms with Gasteiger partial charge < -0.3 is 5.32 Å². The van der Waals surface area contributed by atoms with Crippen LogP contribution in [-0.4, -0.2) is 21.2 Å². The van der Waals surface area contributed by atoms with Crippen LogP contribution in [0.4, 0.5) is 0 Å². The summed E-state index contributed by atoms with van der Waals surface area (Å²) in [5, 5.41) is 3.53. The molecule has 0 saturated heterocycles. The first-order chi connectivity index (χ1) is 16.6. The first kappa shape index (κ1) is 22.7. The van der Waals surface area contributed by atoms with Gasteiger partial charge in [0, 0.05) is 24.1 Å². The molecule has 174 valence electrons. The van der Waals surface area contributed by atoms with Crippen LogP contribution in [0.25, 0.3) is 11.3 Å². The standard InChI is InChI=1S/C28H29N3O2S/c1-2-16-31-26(33)24-25(22-13-7-6-12-21(22)17-28(24)14-8-9-15-28)30-27(31)34-19-23(32)29-18-20-10-4-3-5-11-20/h2-7,10-13H,1,8-9,14-19H2,(H,29,32). The maximum atomic E-state index is 13.9. The van der Waals surface area contributed by atoms with E-state index in [9.17, 15) is 9.59 Å². The highest BCUT2D eigenvalue weighted by molar-refractivity contribution is 7.99.